The summed E-state index contributed by atoms with van der Waals surface area (Å²) in [6.45, 7) is 4.47. The maximum Gasteiger partial charge on any atom is 0.0190 e. The van der Waals surface area contributed by atoms with Crippen LogP contribution in [0.4, 0.5) is 0 Å². The number of rotatable bonds is 0. The van der Waals surface area contributed by atoms with E-state index in [4.69, 9.17) is 5.73 Å². The Hall–Kier alpha value is 0.310. The predicted molar refractivity (Wildman–Crippen MR) is 39.1 cm³/mol. The summed E-state index contributed by atoms with van der Waals surface area (Å²) in [5.41, 5.74) is 6.19. The van der Waals surface area contributed by atoms with Crippen LogP contribution in [0.15, 0.2) is 0 Å². The van der Waals surface area contributed by atoms with E-state index in [2.05, 4.69) is 13.8 Å². The third-order valence-corrected chi connectivity index (χ3v) is 3.32. The molecule has 1 saturated heterocycles. The van der Waals surface area contributed by atoms with Gasteiger partial charge in [0, 0.05) is 11.8 Å². The summed E-state index contributed by atoms with van der Waals surface area (Å²) in [6.07, 6.45) is 0. The number of hydrogen-bond acceptors (Lipinski definition) is 2. The van der Waals surface area contributed by atoms with Crippen molar-refractivity contribution in [3.8, 4) is 0 Å². The van der Waals surface area contributed by atoms with Gasteiger partial charge in [-0.1, -0.05) is 13.8 Å². The van der Waals surface area contributed by atoms with E-state index >= 15 is 0 Å². The van der Waals surface area contributed by atoms with Gasteiger partial charge in [-0.3, -0.25) is 0 Å². The van der Waals surface area contributed by atoms with Gasteiger partial charge in [-0.05, 0) is 11.2 Å². The molecule has 0 radical (unpaired) electrons. The van der Waals surface area contributed by atoms with E-state index in [9.17, 15) is 0 Å². The molecule has 1 aliphatic heterocycles. The Morgan fingerprint density at radius 1 is 1.62 bits per heavy atom. The van der Waals surface area contributed by atoms with Crippen LogP contribution < -0.4 is 5.73 Å². The van der Waals surface area contributed by atoms with Gasteiger partial charge in [0.1, 0.15) is 0 Å². The Labute approximate surface area is 55.0 Å². The summed E-state index contributed by atoms with van der Waals surface area (Å²) in [6, 6.07) is 0.424. The molecule has 0 aromatic rings. The quantitative estimate of drug-likeness (QED) is 0.532. The zero-order valence-electron chi connectivity index (χ0n) is 5.48. The standard InChI is InChI=1S/C6H13NS/c1-6(2)4-8-3-5(6)7/h5H,3-4,7H2,1-2H3. The largest absolute Gasteiger partial charge is 0.326 e. The summed E-state index contributed by atoms with van der Waals surface area (Å²) in [4.78, 5) is 0. The summed E-state index contributed by atoms with van der Waals surface area (Å²) < 4.78 is 0. The van der Waals surface area contributed by atoms with Crippen LogP contribution in [0.25, 0.3) is 0 Å². The van der Waals surface area contributed by atoms with E-state index < -0.39 is 0 Å². The molecular formula is C6H13NS. The first-order chi connectivity index (χ1) is 3.63. The lowest BCUT2D eigenvalue weighted by atomic mass is 9.89. The van der Waals surface area contributed by atoms with Crippen molar-refractivity contribution in [2.45, 2.75) is 19.9 Å². The minimum atomic E-state index is 0.394. The van der Waals surface area contributed by atoms with E-state index in [0.717, 1.165) is 5.75 Å². The van der Waals surface area contributed by atoms with Crippen molar-refractivity contribution in [1.82, 2.24) is 0 Å². The molecule has 0 spiro atoms. The highest BCUT2D eigenvalue weighted by Crippen LogP contribution is 2.33. The zero-order chi connectivity index (χ0) is 6.20. The van der Waals surface area contributed by atoms with Gasteiger partial charge in [-0.25, -0.2) is 0 Å². The van der Waals surface area contributed by atoms with Crippen LogP contribution in [-0.4, -0.2) is 17.5 Å². The lowest BCUT2D eigenvalue weighted by Gasteiger charge is -2.21. The van der Waals surface area contributed by atoms with Crippen molar-refractivity contribution in [2.75, 3.05) is 11.5 Å². The predicted octanol–water partition coefficient (Wildman–Crippen LogP) is 1.09. The molecule has 8 heavy (non-hydrogen) atoms. The molecule has 1 aliphatic rings. The summed E-state index contributed by atoms with van der Waals surface area (Å²) in [7, 11) is 0. The first kappa shape index (κ1) is 6.43. The van der Waals surface area contributed by atoms with Crippen molar-refractivity contribution in [2.24, 2.45) is 11.1 Å². The molecule has 48 valence electrons. The minimum absolute atomic E-state index is 0.394. The Morgan fingerprint density at radius 2 is 2.25 bits per heavy atom. The van der Waals surface area contributed by atoms with Crippen molar-refractivity contribution in [3.05, 3.63) is 0 Å². The van der Waals surface area contributed by atoms with E-state index in [1.54, 1.807) is 0 Å². The van der Waals surface area contributed by atoms with Gasteiger partial charge in [-0.15, -0.1) is 0 Å². The molecule has 0 saturated carbocycles. The van der Waals surface area contributed by atoms with Crippen LogP contribution in [0.1, 0.15) is 13.8 Å². The topological polar surface area (TPSA) is 26.0 Å². The maximum atomic E-state index is 5.79. The normalized spacial score (nSPS) is 35.6. The van der Waals surface area contributed by atoms with Gasteiger partial charge in [0.05, 0.1) is 0 Å². The second kappa shape index (κ2) is 1.92. The van der Waals surface area contributed by atoms with Crippen LogP contribution in [0.3, 0.4) is 0 Å². The second-order valence-corrected chi connectivity index (χ2v) is 4.14. The Bertz CT molecular complexity index is 90.5. The average Bonchev–Trinajstić information content (AvgIpc) is 1.86. The first-order valence-corrected chi connectivity index (χ1v) is 4.12. The van der Waals surface area contributed by atoms with Crippen molar-refractivity contribution in [3.63, 3.8) is 0 Å². The van der Waals surface area contributed by atoms with Gasteiger partial charge in [0.2, 0.25) is 0 Å². The highest BCUT2D eigenvalue weighted by molar-refractivity contribution is 7.99. The zero-order valence-corrected chi connectivity index (χ0v) is 6.29. The Balaban J connectivity index is 2.54. The molecular weight excluding hydrogens is 118 g/mol. The fourth-order valence-corrected chi connectivity index (χ4v) is 2.34. The molecule has 1 heterocycles. The van der Waals surface area contributed by atoms with Crippen molar-refractivity contribution < 1.29 is 0 Å². The summed E-state index contributed by atoms with van der Waals surface area (Å²) in [5, 5.41) is 0. The fraction of sp³-hybridized carbons (Fsp3) is 1.00. The molecule has 0 bridgehead atoms. The van der Waals surface area contributed by atoms with Gasteiger partial charge >= 0.3 is 0 Å². The molecule has 0 amide bonds. The third-order valence-electron chi connectivity index (χ3n) is 1.78. The SMILES string of the molecule is CC1(C)CSCC1N. The molecule has 1 fully saturated rings. The van der Waals surface area contributed by atoms with Crippen LogP contribution in [-0.2, 0) is 0 Å². The van der Waals surface area contributed by atoms with Gasteiger partial charge in [0.25, 0.3) is 0 Å². The highest BCUT2D eigenvalue weighted by Gasteiger charge is 2.31. The molecule has 1 nitrogen and oxygen atoms in total. The van der Waals surface area contributed by atoms with Crippen LogP contribution >= 0.6 is 11.8 Å². The number of hydrogen-bond donors (Lipinski definition) is 1. The average molecular weight is 131 g/mol. The van der Waals surface area contributed by atoms with Crippen molar-refractivity contribution >= 4 is 11.8 Å². The van der Waals surface area contributed by atoms with Gasteiger partial charge in [-0.2, -0.15) is 11.8 Å². The van der Waals surface area contributed by atoms with Crippen LogP contribution in [0.2, 0.25) is 0 Å². The molecule has 0 aromatic carbocycles. The molecule has 1 atom stereocenters. The molecule has 2 N–H and O–H groups in total. The lowest BCUT2D eigenvalue weighted by molar-refractivity contribution is 0.369. The smallest absolute Gasteiger partial charge is 0.0190 e. The third kappa shape index (κ3) is 1.00. The Kier molecular flexibility index (Phi) is 1.54. The number of thioether (sulfide) groups is 1. The minimum Gasteiger partial charge on any atom is -0.326 e. The molecule has 1 unspecified atom stereocenters. The Morgan fingerprint density at radius 3 is 2.38 bits per heavy atom. The van der Waals surface area contributed by atoms with E-state index in [0.29, 0.717) is 11.5 Å². The van der Waals surface area contributed by atoms with E-state index in [1.165, 1.54) is 5.75 Å². The molecule has 1 rings (SSSR count). The summed E-state index contributed by atoms with van der Waals surface area (Å²) in [5.74, 6) is 2.38. The molecule has 0 aliphatic carbocycles. The highest BCUT2D eigenvalue weighted by atomic mass is 32.2. The second-order valence-electron chi connectivity index (χ2n) is 3.11. The van der Waals surface area contributed by atoms with Gasteiger partial charge in [0.15, 0.2) is 0 Å². The fourth-order valence-electron chi connectivity index (χ4n) is 0.782. The molecule has 2 heteroatoms. The summed E-state index contributed by atoms with van der Waals surface area (Å²) >= 11 is 1.96. The van der Waals surface area contributed by atoms with E-state index in [1.807, 2.05) is 11.8 Å². The van der Waals surface area contributed by atoms with Crippen molar-refractivity contribution in [1.29, 1.82) is 0 Å². The van der Waals surface area contributed by atoms with E-state index in [-0.39, 0.29) is 0 Å². The molecule has 0 aromatic heterocycles. The van der Waals surface area contributed by atoms with Crippen LogP contribution in [0.5, 0.6) is 0 Å². The van der Waals surface area contributed by atoms with Gasteiger partial charge < -0.3 is 5.73 Å². The lowest BCUT2D eigenvalue weighted by Crippen LogP contribution is -2.35. The monoisotopic (exact) mass is 131 g/mol. The number of nitrogens with two attached hydrogens (primary N) is 1. The van der Waals surface area contributed by atoms with Crippen LogP contribution in [0, 0.1) is 5.41 Å². The maximum absolute atomic E-state index is 5.79. The first-order valence-electron chi connectivity index (χ1n) is 2.96.